The Morgan fingerprint density at radius 2 is 2.30 bits per heavy atom. The minimum atomic E-state index is -0.850. The number of benzene rings is 1. The van der Waals surface area contributed by atoms with Crippen LogP contribution in [0.25, 0.3) is 4.85 Å². The minimum Gasteiger partial charge on any atom is -0.439 e. The summed E-state index contributed by atoms with van der Waals surface area (Å²) in [6.07, 6.45) is 1.48. The number of pyridine rings is 1. The summed E-state index contributed by atoms with van der Waals surface area (Å²) in [5.41, 5.74) is 2.96. The van der Waals surface area contributed by atoms with Gasteiger partial charge in [-0.05, 0) is 36.1 Å². The Morgan fingerprint density at radius 3 is 3.05 bits per heavy atom. The Labute approximate surface area is 116 Å². The maximum absolute atomic E-state index is 9.56. The van der Waals surface area contributed by atoms with Crippen molar-refractivity contribution in [2.24, 2.45) is 0 Å². The fourth-order valence-electron chi connectivity index (χ4n) is 2.10. The fraction of sp³-hybridized carbons (Fsp3) is 0.143. The molecule has 1 aliphatic heterocycles. The molecule has 0 fully saturated rings. The smallest absolute Gasteiger partial charge is 0.439 e. The van der Waals surface area contributed by atoms with Gasteiger partial charge in [0.25, 0.3) is 0 Å². The second kappa shape index (κ2) is 4.97. The summed E-state index contributed by atoms with van der Waals surface area (Å²) in [5.74, 6) is 1.10. The van der Waals surface area contributed by atoms with E-state index < -0.39 is 7.12 Å². The van der Waals surface area contributed by atoms with E-state index in [9.17, 15) is 5.02 Å². The van der Waals surface area contributed by atoms with Crippen LogP contribution in [0.5, 0.6) is 11.6 Å². The van der Waals surface area contributed by atoms with Gasteiger partial charge in [-0.2, -0.15) is 0 Å². The summed E-state index contributed by atoms with van der Waals surface area (Å²) in [6.45, 7) is 9.16. The molecule has 0 bridgehead atoms. The van der Waals surface area contributed by atoms with E-state index in [0.29, 0.717) is 23.9 Å². The normalized spacial score (nSPS) is 12.9. The van der Waals surface area contributed by atoms with Gasteiger partial charge in [0.15, 0.2) is 0 Å². The van der Waals surface area contributed by atoms with Gasteiger partial charge in [-0.25, -0.2) is 9.83 Å². The maximum Gasteiger partial charge on any atom is 0.491 e. The lowest BCUT2D eigenvalue weighted by molar-refractivity contribution is 0.275. The highest BCUT2D eigenvalue weighted by Gasteiger charge is 2.27. The van der Waals surface area contributed by atoms with Crippen LogP contribution in [0.3, 0.4) is 0 Å². The molecule has 3 rings (SSSR count). The van der Waals surface area contributed by atoms with Gasteiger partial charge in [0.2, 0.25) is 11.6 Å². The molecule has 0 radical (unpaired) electrons. The largest absolute Gasteiger partial charge is 0.491 e. The fourth-order valence-corrected chi connectivity index (χ4v) is 2.10. The van der Waals surface area contributed by atoms with Crippen LogP contribution in [0, 0.1) is 13.5 Å². The van der Waals surface area contributed by atoms with Crippen molar-refractivity contribution in [1.82, 2.24) is 4.98 Å². The second-order valence-corrected chi connectivity index (χ2v) is 4.55. The third-order valence-corrected chi connectivity index (χ3v) is 3.14. The van der Waals surface area contributed by atoms with Crippen LogP contribution >= 0.6 is 0 Å². The van der Waals surface area contributed by atoms with Gasteiger partial charge in [0.05, 0.1) is 13.2 Å². The molecule has 1 aromatic heterocycles. The SMILES string of the molecule is [C-]#[N+]c1cnc(Oc2ccc3c(c2)COB3O)c(C)c1. The Bertz CT molecular complexity index is 712. The first kappa shape index (κ1) is 12.7. The molecule has 0 atom stereocenters. The molecule has 2 heterocycles. The molecule has 6 heteroatoms. The quantitative estimate of drug-likeness (QED) is 0.666. The molecular formula is C14H11BN2O3. The summed E-state index contributed by atoms with van der Waals surface area (Å²) < 4.78 is 10.9. The van der Waals surface area contributed by atoms with Gasteiger partial charge in [0, 0.05) is 11.8 Å². The van der Waals surface area contributed by atoms with E-state index in [4.69, 9.17) is 16.0 Å². The van der Waals surface area contributed by atoms with Crippen LogP contribution in [0.1, 0.15) is 11.1 Å². The predicted octanol–water partition coefficient (Wildman–Crippen LogP) is 1.95. The molecular weight excluding hydrogens is 255 g/mol. The number of aromatic nitrogens is 1. The second-order valence-electron chi connectivity index (χ2n) is 4.55. The molecule has 0 saturated heterocycles. The van der Waals surface area contributed by atoms with Gasteiger partial charge >= 0.3 is 7.12 Å². The lowest BCUT2D eigenvalue weighted by Gasteiger charge is -2.09. The van der Waals surface area contributed by atoms with Crippen LogP contribution in [-0.4, -0.2) is 17.1 Å². The van der Waals surface area contributed by atoms with Crippen LogP contribution in [0.4, 0.5) is 5.69 Å². The maximum atomic E-state index is 9.56. The number of rotatable bonds is 2. The number of nitrogens with zero attached hydrogens (tertiary/aromatic N) is 2. The summed E-state index contributed by atoms with van der Waals surface area (Å²) >= 11 is 0. The van der Waals surface area contributed by atoms with E-state index in [1.54, 1.807) is 18.2 Å². The Balaban J connectivity index is 1.87. The van der Waals surface area contributed by atoms with Gasteiger partial charge < -0.3 is 14.4 Å². The first-order valence-corrected chi connectivity index (χ1v) is 6.12. The van der Waals surface area contributed by atoms with Crippen molar-refractivity contribution in [3.8, 4) is 11.6 Å². The van der Waals surface area contributed by atoms with E-state index in [2.05, 4.69) is 9.83 Å². The van der Waals surface area contributed by atoms with Crippen LogP contribution < -0.4 is 10.2 Å². The van der Waals surface area contributed by atoms with Crippen LogP contribution in [0.15, 0.2) is 30.5 Å². The summed E-state index contributed by atoms with van der Waals surface area (Å²) in [5, 5.41) is 9.56. The van der Waals surface area contributed by atoms with E-state index in [0.717, 1.165) is 16.6 Å². The standard InChI is InChI=1S/C14H11BN2O3/c1-9-5-11(16-2)7-17-14(9)20-12-3-4-13-10(6-12)8-19-15(13)18/h3-7,18H,8H2,1H3. The zero-order valence-corrected chi connectivity index (χ0v) is 10.8. The van der Waals surface area contributed by atoms with E-state index in [-0.39, 0.29) is 0 Å². The molecule has 5 nitrogen and oxygen atoms in total. The van der Waals surface area contributed by atoms with E-state index in [1.807, 2.05) is 13.0 Å². The average molecular weight is 266 g/mol. The highest BCUT2D eigenvalue weighted by Crippen LogP contribution is 2.26. The van der Waals surface area contributed by atoms with Crippen molar-refractivity contribution in [3.63, 3.8) is 0 Å². The zero-order valence-electron chi connectivity index (χ0n) is 10.8. The zero-order chi connectivity index (χ0) is 14.1. The number of ether oxygens (including phenoxy) is 1. The number of hydrogen-bond donors (Lipinski definition) is 1. The first-order valence-electron chi connectivity index (χ1n) is 6.12. The third kappa shape index (κ3) is 2.25. The van der Waals surface area contributed by atoms with E-state index >= 15 is 0 Å². The molecule has 0 aliphatic carbocycles. The van der Waals surface area contributed by atoms with Crippen molar-refractivity contribution >= 4 is 18.3 Å². The van der Waals surface area contributed by atoms with Crippen molar-refractivity contribution < 1.29 is 14.4 Å². The first-order chi connectivity index (χ1) is 9.67. The molecule has 0 unspecified atom stereocenters. The molecule has 0 amide bonds. The summed E-state index contributed by atoms with van der Waals surface area (Å²) in [6, 6.07) is 7.11. The Hall–Kier alpha value is -2.36. The Morgan fingerprint density at radius 1 is 1.45 bits per heavy atom. The highest BCUT2D eigenvalue weighted by molar-refractivity contribution is 6.61. The average Bonchev–Trinajstić information content (AvgIpc) is 2.82. The topological polar surface area (TPSA) is 55.9 Å². The molecule has 1 N–H and O–H groups in total. The monoisotopic (exact) mass is 266 g/mol. The molecule has 0 spiro atoms. The van der Waals surface area contributed by atoms with Crippen molar-refractivity contribution in [1.29, 1.82) is 0 Å². The highest BCUT2D eigenvalue weighted by atomic mass is 16.5. The molecule has 98 valence electrons. The number of aryl methyl sites for hydroxylation is 1. The number of hydrogen-bond acceptors (Lipinski definition) is 4. The Kier molecular flexibility index (Phi) is 3.14. The molecule has 0 saturated carbocycles. The van der Waals surface area contributed by atoms with Crippen LogP contribution in [-0.2, 0) is 11.3 Å². The van der Waals surface area contributed by atoms with Crippen molar-refractivity contribution in [2.75, 3.05) is 0 Å². The van der Waals surface area contributed by atoms with Crippen molar-refractivity contribution in [3.05, 3.63) is 53.0 Å². The van der Waals surface area contributed by atoms with Crippen LogP contribution in [0.2, 0.25) is 0 Å². The lowest BCUT2D eigenvalue weighted by atomic mass is 9.80. The summed E-state index contributed by atoms with van der Waals surface area (Å²) in [4.78, 5) is 7.46. The minimum absolute atomic E-state index is 0.372. The van der Waals surface area contributed by atoms with Gasteiger partial charge in [-0.1, -0.05) is 6.07 Å². The van der Waals surface area contributed by atoms with Gasteiger partial charge in [-0.3, -0.25) is 0 Å². The summed E-state index contributed by atoms with van der Waals surface area (Å²) in [7, 11) is -0.850. The molecule has 1 aromatic carbocycles. The van der Waals surface area contributed by atoms with Gasteiger partial charge in [-0.15, -0.1) is 0 Å². The predicted molar refractivity (Wildman–Crippen MR) is 74.1 cm³/mol. The van der Waals surface area contributed by atoms with E-state index in [1.165, 1.54) is 6.20 Å². The van der Waals surface area contributed by atoms with Gasteiger partial charge in [0.1, 0.15) is 5.75 Å². The lowest BCUT2D eigenvalue weighted by Crippen LogP contribution is -2.27. The third-order valence-electron chi connectivity index (χ3n) is 3.14. The molecule has 2 aromatic rings. The molecule has 20 heavy (non-hydrogen) atoms. The number of fused-ring (bicyclic) bond motifs is 1. The van der Waals surface area contributed by atoms with Crippen molar-refractivity contribution in [2.45, 2.75) is 13.5 Å². The molecule has 1 aliphatic rings.